The van der Waals surface area contributed by atoms with Gasteiger partial charge in [0.2, 0.25) is 5.91 Å². The molecule has 1 aliphatic rings. The molecule has 140 valence electrons. The molecule has 1 unspecified atom stereocenters. The Kier molecular flexibility index (Phi) is 5.44. The molecule has 0 saturated heterocycles. The first-order chi connectivity index (χ1) is 13.0. The van der Waals surface area contributed by atoms with E-state index in [1.165, 1.54) is 29.3 Å². The van der Waals surface area contributed by atoms with Crippen molar-refractivity contribution in [1.82, 2.24) is 9.88 Å². The molecular formula is C19H20FN5O2. The van der Waals surface area contributed by atoms with Crippen LogP contribution in [-0.2, 0) is 16.0 Å². The minimum Gasteiger partial charge on any atom is -0.368 e. The highest BCUT2D eigenvalue weighted by molar-refractivity contribution is 6.40. The van der Waals surface area contributed by atoms with Gasteiger partial charge in [0.15, 0.2) is 0 Å². The van der Waals surface area contributed by atoms with E-state index in [9.17, 15) is 14.0 Å². The van der Waals surface area contributed by atoms with E-state index in [1.54, 1.807) is 18.1 Å². The molecule has 8 heteroatoms. The van der Waals surface area contributed by atoms with Gasteiger partial charge < -0.3 is 10.6 Å². The lowest BCUT2D eigenvalue weighted by molar-refractivity contribution is -0.122. The molecule has 0 radical (unpaired) electrons. The van der Waals surface area contributed by atoms with Crippen LogP contribution in [0.4, 0.5) is 10.1 Å². The standard InChI is InChI=1S/C19H20FN5O2/c1-24(11-9-14-4-2-3-10-22-14)19(27)16-12-17(18(21)26)25(23-16)15-7-5-13(20)6-8-15/h2-8,10,17H,9,11-12H2,1H3,(H2,21,26). The summed E-state index contributed by atoms with van der Waals surface area (Å²) in [4.78, 5) is 30.3. The number of amides is 2. The number of nitrogens with two attached hydrogens (primary N) is 1. The molecule has 2 amide bonds. The number of rotatable bonds is 6. The van der Waals surface area contributed by atoms with Crippen molar-refractivity contribution in [1.29, 1.82) is 0 Å². The van der Waals surface area contributed by atoms with Crippen molar-refractivity contribution in [2.75, 3.05) is 18.6 Å². The van der Waals surface area contributed by atoms with E-state index in [0.717, 1.165) is 5.69 Å². The van der Waals surface area contributed by atoms with E-state index in [2.05, 4.69) is 10.1 Å². The van der Waals surface area contributed by atoms with Crippen LogP contribution in [0, 0.1) is 5.82 Å². The second-order valence-corrected chi connectivity index (χ2v) is 6.29. The van der Waals surface area contributed by atoms with Crippen LogP contribution in [0.15, 0.2) is 53.8 Å². The Morgan fingerprint density at radius 3 is 2.63 bits per heavy atom. The van der Waals surface area contributed by atoms with Crippen molar-refractivity contribution >= 4 is 23.2 Å². The summed E-state index contributed by atoms with van der Waals surface area (Å²) in [5.41, 5.74) is 7.09. The molecule has 1 aliphatic heterocycles. The van der Waals surface area contributed by atoms with Crippen LogP contribution in [0.1, 0.15) is 12.1 Å². The highest BCUT2D eigenvalue weighted by Gasteiger charge is 2.35. The van der Waals surface area contributed by atoms with Crippen LogP contribution in [0.3, 0.4) is 0 Å². The molecular weight excluding hydrogens is 349 g/mol. The molecule has 0 spiro atoms. The van der Waals surface area contributed by atoms with Gasteiger partial charge in [0, 0.05) is 38.3 Å². The van der Waals surface area contributed by atoms with Gasteiger partial charge in [-0.15, -0.1) is 0 Å². The third-order valence-corrected chi connectivity index (χ3v) is 4.35. The molecule has 1 aromatic heterocycles. The summed E-state index contributed by atoms with van der Waals surface area (Å²) in [6, 6.07) is 10.4. The Hall–Kier alpha value is -3.29. The van der Waals surface area contributed by atoms with Gasteiger partial charge in [-0.1, -0.05) is 6.07 Å². The van der Waals surface area contributed by atoms with E-state index in [1.807, 2.05) is 18.2 Å². The number of hydrazone groups is 1. The summed E-state index contributed by atoms with van der Waals surface area (Å²) < 4.78 is 13.2. The number of hydrogen-bond acceptors (Lipinski definition) is 5. The van der Waals surface area contributed by atoms with Crippen LogP contribution in [0.2, 0.25) is 0 Å². The Morgan fingerprint density at radius 2 is 2.00 bits per heavy atom. The van der Waals surface area contributed by atoms with E-state index in [4.69, 9.17) is 5.73 Å². The predicted molar refractivity (Wildman–Crippen MR) is 99.5 cm³/mol. The second kappa shape index (κ2) is 7.94. The summed E-state index contributed by atoms with van der Waals surface area (Å²) in [6.07, 6.45) is 2.42. The number of hydrogen-bond donors (Lipinski definition) is 1. The van der Waals surface area contributed by atoms with Gasteiger partial charge in [0.1, 0.15) is 17.6 Å². The van der Waals surface area contributed by atoms with Crippen molar-refractivity contribution in [3.63, 3.8) is 0 Å². The molecule has 0 saturated carbocycles. The maximum absolute atomic E-state index is 13.2. The number of carbonyl (C=O) groups excluding carboxylic acids is 2. The Bertz CT molecular complexity index is 854. The molecule has 1 atom stereocenters. The zero-order valence-corrected chi connectivity index (χ0v) is 14.9. The van der Waals surface area contributed by atoms with Crippen molar-refractivity contribution in [3.8, 4) is 0 Å². The summed E-state index contributed by atoms with van der Waals surface area (Å²) >= 11 is 0. The number of primary amides is 1. The summed E-state index contributed by atoms with van der Waals surface area (Å²) in [7, 11) is 1.67. The van der Waals surface area contributed by atoms with Gasteiger partial charge in [-0.05, 0) is 36.4 Å². The topological polar surface area (TPSA) is 91.9 Å². The average Bonchev–Trinajstić information content (AvgIpc) is 3.12. The summed E-state index contributed by atoms with van der Waals surface area (Å²) in [5, 5.41) is 5.66. The van der Waals surface area contributed by atoms with Crippen LogP contribution < -0.4 is 10.7 Å². The predicted octanol–water partition coefficient (Wildman–Crippen LogP) is 1.34. The van der Waals surface area contributed by atoms with Gasteiger partial charge in [-0.3, -0.25) is 19.6 Å². The first-order valence-electron chi connectivity index (χ1n) is 8.52. The fourth-order valence-electron chi connectivity index (χ4n) is 2.84. The summed E-state index contributed by atoms with van der Waals surface area (Å²) in [5.74, 6) is -1.27. The minimum absolute atomic E-state index is 0.111. The molecule has 7 nitrogen and oxygen atoms in total. The van der Waals surface area contributed by atoms with Gasteiger partial charge >= 0.3 is 0 Å². The number of pyridine rings is 1. The molecule has 0 bridgehead atoms. The van der Waals surface area contributed by atoms with E-state index in [0.29, 0.717) is 18.7 Å². The third kappa shape index (κ3) is 4.28. The van der Waals surface area contributed by atoms with Crippen molar-refractivity contribution < 1.29 is 14.0 Å². The van der Waals surface area contributed by atoms with Crippen molar-refractivity contribution in [2.24, 2.45) is 10.8 Å². The third-order valence-electron chi connectivity index (χ3n) is 4.35. The minimum atomic E-state index is -0.779. The van der Waals surface area contributed by atoms with E-state index >= 15 is 0 Å². The largest absolute Gasteiger partial charge is 0.368 e. The Balaban J connectivity index is 1.72. The molecule has 27 heavy (non-hydrogen) atoms. The maximum Gasteiger partial charge on any atom is 0.269 e. The smallest absolute Gasteiger partial charge is 0.269 e. The number of halogens is 1. The zero-order valence-electron chi connectivity index (χ0n) is 14.9. The van der Waals surface area contributed by atoms with Crippen molar-refractivity contribution in [2.45, 2.75) is 18.9 Å². The highest BCUT2D eigenvalue weighted by atomic mass is 19.1. The van der Waals surface area contributed by atoms with Gasteiger partial charge in [-0.25, -0.2) is 4.39 Å². The molecule has 0 aliphatic carbocycles. The number of likely N-dealkylation sites (N-methyl/N-ethyl adjacent to an activating group) is 1. The van der Waals surface area contributed by atoms with Crippen LogP contribution in [0.5, 0.6) is 0 Å². The second-order valence-electron chi connectivity index (χ2n) is 6.29. The lowest BCUT2D eigenvalue weighted by Crippen LogP contribution is -2.40. The SMILES string of the molecule is CN(CCc1ccccn1)C(=O)C1=NN(c2ccc(F)cc2)C(C(N)=O)C1. The fourth-order valence-corrected chi connectivity index (χ4v) is 2.84. The quantitative estimate of drug-likeness (QED) is 0.832. The van der Waals surface area contributed by atoms with Gasteiger partial charge in [0.05, 0.1) is 5.69 Å². The van der Waals surface area contributed by atoms with Crippen molar-refractivity contribution in [3.05, 3.63) is 60.2 Å². The maximum atomic E-state index is 13.2. The van der Waals surface area contributed by atoms with Crippen LogP contribution in [0.25, 0.3) is 0 Å². The normalized spacial score (nSPS) is 16.1. The molecule has 3 rings (SSSR count). The van der Waals surface area contributed by atoms with E-state index < -0.39 is 17.8 Å². The van der Waals surface area contributed by atoms with Gasteiger partial charge in [-0.2, -0.15) is 5.10 Å². The highest BCUT2D eigenvalue weighted by Crippen LogP contribution is 2.25. The number of benzene rings is 1. The van der Waals surface area contributed by atoms with Gasteiger partial charge in [0.25, 0.3) is 5.91 Å². The molecule has 0 fully saturated rings. The summed E-state index contributed by atoms with van der Waals surface area (Å²) in [6.45, 7) is 0.465. The zero-order chi connectivity index (χ0) is 19.4. The fraction of sp³-hybridized carbons (Fsp3) is 0.263. The molecule has 2 N–H and O–H groups in total. The first kappa shape index (κ1) is 18.5. The molecule has 2 heterocycles. The number of nitrogens with zero attached hydrogens (tertiary/aromatic N) is 4. The lowest BCUT2D eigenvalue weighted by Gasteiger charge is -2.20. The Morgan fingerprint density at radius 1 is 1.26 bits per heavy atom. The molecule has 1 aromatic carbocycles. The van der Waals surface area contributed by atoms with E-state index in [-0.39, 0.29) is 18.0 Å². The number of carbonyl (C=O) groups is 2. The number of anilines is 1. The molecule has 2 aromatic rings. The number of aromatic nitrogens is 1. The average molecular weight is 369 g/mol. The first-order valence-corrected chi connectivity index (χ1v) is 8.52. The monoisotopic (exact) mass is 369 g/mol. The Labute approximate surface area is 156 Å². The van der Waals surface area contributed by atoms with Crippen LogP contribution >= 0.6 is 0 Å². The van der Waals surface area contributed by atoms with Crippen LogP contribution in [-0.4, -0.2) is 47.0 Å². The lowest BCUT2D eigenvalue weighted by atomic mass is 10.1.